The number of anilines is 1. The van der Waals surface area contributed by atoms with E-state index < -0.39 is 6.04 Å². The fourth-order valence-electron chi connectivity index (χ4n) is 4.67. The predicted molar refractivity (Wildman–Crippen MR) is 144 cm³/mol. The van der Waals surface area contributed by atoms with Gasteiger partial charge in [-0.05, 0) is 73.7 Å². The first-order valence-electron chi connectivity index (χ1n) is 13.0. The maximum absolute atomic E-state index is 13.7. The summed E-state index contributed by atoms with van der Waals surface area (Å²) in [5.41, 5.74) is 4.71. The van der Waals surface area contributed by atoms with E-state index in [-0.39, 0.29) is 17.9 Å². The molecule has 0 saturated heterocycles. The van der Waals surface area contributed by atoms with Gasteiger partial charge in [0.2, 0.25) is 5.91 Å². The van der Waals surface area contributed by atoms with E-state index in [0.717, 1.165) is 23.2 Å². The molecule has 1 aliphatic rings. The summed E-state index contributed by atoms with van der Waals surface area (Å²) in [7, 11) is 0. The third-order valence-electron chi connectivity index (χ3n) is 6.56. The summed E-state index contributed by atoms with van der Waals surface area (Å²) in [5.74, 6) is 0.296. The molecule has 1 N–H and O–H groups in total. The summed E-state index contributed by atoms with van der Waals surface area (Å²) >= 11 is 0. The number of amides is 2. The Labute approximate surface area is 214 Å². The highest BCUT2D eigenvalue weighted by atomic mass is 16.5. The van der Waals surface area contributed by atoms with Crippen LogP contribution < -0.4 is 10.1 Å². The number of hydrogen-bond acceptors (Lipinski definition) is 3. The minimum atomic E-state index is -0.605. The molecule has 0 spiro atoms. The summed E-state index contributed by atoms with van der Waals surface area (Å²) in [5, 5.41) is 3.05. The second-order valence-electron chi connectivity index (χ2n) is 9.76. The van der Waals surface area contributed by atoms with E-state index in [1.54, 1.807) is 17.0 Å². The number of aryl methyl sites for hydroxylation is 1. The number of fused-ring (bicyclic) bond motifs is 1. The Hall–Kier alpha value is -3.60. The van der Waals surface area contributed by atoms with E-state index in [1.165, 1.54) is 24.8 Å². The van der Waals surface area contributed by atoms with Gasteiger partial charge in [0.25, 0.3) is 5.91 Å². The van der Waals surface area contributed by atoms with Gasteiger partial charge in [0.1, 0.15) is 11.8 Å². The zero-order valence-corrected chi connectivity index (χ0v) is 21.5. The van der Waals surface area contributed by atoms with Gasteiger partial charge in [-0.25, -0.2) is 0 Å². The van der Waals surface area contributed by atoms with Gasteiger partial charge in [-0.1, -0.05) is 62.2 Å². The molecule has 5 heteroatoms. The fourth-order valence-corrected chi connectivity index (χ4v) is 4.67. The molecular formula is C31H36N2O3. The molecule has 4 rings (SSSR count). The fraction of sp³-hybridized carbons (Fsp3) is 0.355. The number of nitrogens with one attached hydrogen (secondary N) is 1. The lowest BCUT2D eigenvalue weighted by Gasteiger charge is -2.36. The standard InChI is InChI=1S/C31H36N2O3/c1-4-5-6-10-23-15-17-27(18-16-23)32-30(34)29-20-24-11-7-8-12-26(24)21-33(29)31(35)25-13-9-14-28(19-25)36-22(2)3/h7-9,11-19,22,29H,4-6,10,20-21H2,1-3H3,(H,32,34)/t29-/m0/s1. The Morgan fingerprint density at radius 3 is 2.44 bits per heavy atom. The first-order chi connectivity index (χ1) is 17.4. The van der Waals surface area contributed by atoms with Crippen LogP contribution in [0.15, 0.2) is 72.8 Å². The summed E-state index contributed by atoms with van der Waals surface area (Å²) in [6.07, 6.45) is 5.12. The van der Waals surface area contributed by atoms with Gasteiger partial charge in [-0.2, -0.15) is 0 Å². The van der Waals surface area contributed by atoms with Gasteiger partial charge in [0.05, 0.1) is 6.10 Å². The van der Waals surface area contributed by atoms with Gasteiger partial charge < -0.3 is 15.0 Å². The van der Waals surface area contributed by atoms with Crippen molar-refractivity contribution in [1.29, 1.82) is 0 Å². The number of carbonyl (C=O) groups excluding carboxylic acids is 2. The number of unbranched alkanes of at least 4 members (excludes halogenated alkanes) is 2. The van der Waals surface area contributed by atoms with Crippen LogP contribution in [0.1, 0.15) is 67.1 Å². The molecule has 3 aromatic carbocycles. The maximum Gasteiger partial charge on any atom is 0.254 e. The van der Waals surface area contributed by atoms with E-state index in [1.807, 2.05) is 62.4 Å². The van der Waals surface area contributed by atoms with Gasteiger partial charge in [0, 0.05) is 24.2 Å². The van der Waals surface area contributed by atoms with Crippen LogP contribution in [0, 0.1) is 0 Å². The molecule has 0 unspecified atom stereocenters. The summed E-state index contributed by atoms with van der Waals surface area (Å²) in [6.45, 7) is 6.49. The molecule has 36 heavy (non-hydrogen) atoms. The van der Waals surface area contributed by atoms with Crippen molar-refractivity contribution in [3.8, 4) is 5.75 Å². The molecule has 3 aromatic rings. The first kappa shape index (κ1) is 25.5. The zero-order chi connectivity index (χ0) is 25.5. The number of hydrogen-bond donors (Lipinski definition) is 1. The lowest BCUT2D eigenvalue weighted by Crippen LogP contribution is -2.50. The average Bonchev–Trinajstić information content (AvgIpc) is 2.88. The molecule has 0 radical (unpaired) electrons. The number of benzene rings is 3. The molecule has 5 nitrogen and oxygen atoms in total. The Kier molecular flexibility index (Phi) is 8.42. The zero-order valence-electron chi connectivity index (χ0n) is 21.5. The Morgan fingerprint density at radius 1 is 0.972 bits per heavy atom. The van der Waals surface area contributed by atoms with Crippen LogP contribution in [0.3, 0.4) is 0 Å². The maximum atomic E-state index is 13.7. The molecule has 1 atom stereocenters. The topological polar surface area (TPSA) is 58.6 Å². The SMILES string of the molecule is CCCCCc1ccc(NC(=O)[C@@H]2Cc3ccccc3CN2C(=O)c2cccc(OC(C)C)c2)cc1. The molecular weight excluding hydrogens is 448 g/mol. The van der Waals surface area contributed by atoms with Gasteiger partial charge in [-0.3, -0.25) is 9.59 Å². The molecule has 0 bridgehead atoms. The largest absolute Gasteiger partial charge is 0.491 e. The number of carbonyl (C=O) groups is 2. The van der Waals surface area contributed by atoms with Crippen molar-refractivity contribution in [2.45, 2.75) is 71.6 Å². The molecule has 1 heterocycles. The quantitative estimate of drug-likeness (QED) is 0.357. The second-order valence-corrected chi connectivity index (χ2v) is 9.76. The molecule has 2 amide bonds. The summed E-state index contributed by atoms with van der Waals surface area (Å²) in [4.78, 5) is 28.9. The van der Waals surface area contributed by atoms with Crippen molar-refractivity contribution in [3.63, 3.8) is 0 Å². The third-order valence-corrected chi connectivity index (χ3v) is 6.56. The van der Waals surface area contributed by atoms with Gasteiger partial charge in [0.15, 0.2) is 0 Å². The monoisotopic (exact) mass is 484 g/mol. The van der Waals surface area contributed by atoms with Crippen molar-refractivity contribution < 1.29 is 14.3 Å². The lowest BCUT2D eigenvalue weighted by atomic mass is 9.92. The van der Waals surface area contributed by atoms with Gasteiger partial charge in [-0.15, -0.1) is 0 Å². The molecule has 0 aromatic heterocycles. The van der Waals surface area contributed by atoms with Crippen LogP contribution in [0.4, 0.5) is 5.69 Å². The molecule has 188 valence electrons. The van der Waals surface area contributed by atoms with E-state index in [2.05, 4.69) is 24.4 Å². The van der Waals surface area contributed by atoms with Crippen LogP contribution in [0.5, 0.6) is 5.75 Å². The molecule has 1 aliphatic heterocycles. The number of ether oxygens (including phenoxy) is 1. The minimum absolute atomic E-state index is 0.00813. The first-order valence-corrected chi connectivity index (χ1v) is 13.0. The third kappa shape index (κ3) is 6.34. The van der Waals surface area contributed by atoms with Crippen LogP contribution in [-0.2, 0) is 24.2 Å². The predicted octanol–water partition coefficient (Wildman–Crippen LogP) is 6.41. The Balaban J connectivity index is 1.54. The molecule has 0 fully saturated rings. The van der Waals surface area contributed by atoms with Crippen LogP contribution >= 0.6 is 0 Å². The number of nitrogens with zero attached hydrogens (tertiary/aromatic N) is 1. The highest BCUT2D eigenvalue weighted by Gasteiger charge is 2.35. The normalized spacial score (nSPS) is 14.9. The van der Waals surface area contributed by atoms with E-state index in [4.69, 9.17) is 4.74 Å². The van der Waals surface area contributed by atoms with E-state index in [0.29, 0.717) is 24.3 Å². The van der Waals surface area contributed by atoms with Crippen molar-refractivity contribution in [1.82, 2.24) is 4.90 Å². The number of rotatable bonds is 9. The average molecular weight is 485 g/mol. The van der Waals surface area contributed by atoms with Crippen molar-refractivity contribution in [2.75, 3.05) is 5.32 Å². The van der Waals surface area contributed by atoms with Gasteiger partial charge >= 0.3 is 0 Å². The Bertz CT molecular complexity index is 1190. The molecule has 0 saturated carbocycles. The van der Waals surface area contributed by atoms with Crippen molar-refractivity contribution in [2.24, 2.45) is 0 Å². The van der Waals surface area contributed by atoms with Crippen LogP contribution in [0.25, 0.3) is 0 Å². The van der Waals surface area contributed by atoms with Crippen molar-refractivity contribution >= 4 is 17.5 Å². The lowest BCUT2D eigenvalue weighted by molar-refractivity contribution is -0.121. The van der Waals surface area contributed by atoms with E-state index >= 15 is 0 Å². The second kappa shape index (κ2) is 11.9. The Morgan fingerprint density at radius 2 is 1.72 bits per heavy atom. The smallest absolute Gasteiger partial charge is 0.254 e. The van der Waals surface area contributed by atoms with Crippen molar-refractivity contribution in [3.05, 3.63) is 95.1 Å². The summed E-state index contributed by atoms with van der Waals surface area (Å²) < 4.78 is 5.79. The highest BCUT2D eigenvalue weighted by molar-refractivity contribution is 6.01. The summed E-state index contributed by atoms with van der Waals surface area (Å²) in [6, 6.07) is 22.7. The minimum Gasteiger partial charge on any atom is -0.491 e. The molecule has 0 aliphatic carbocycles. The van der Waals surface area contributed by atoms with Crippen LogP contribution in [-0.4, -0.2) is 28.9 Å². The highest BCUT2D eigenvalue weighted by Crippen LogP contribution is 2.27. The van der Waals surface area contributed by atoms with E-state index in [9.17, 15) is 9.59 Å². The van der Waals surface area contributed by atoms with Crippen LogP contribution in [0.2, 0.25) is 0 Å².